The smallest absolute Gasteiger partial charge is 0.221 e. The van der Waals surface area contributed by atoms with Crippen LogP contribution < -0.4 is 14.5 Å². The molecule has 8 aromatic carbocycles. The molecule has 0 amide bonds. The third-order valence-corrected chi connectivity index (χ3v) is 12.9. The number of hydrogen-bond donors (Lipinski definition) is 0. The Labute approximate surface area is 376 Å². The monoisotopic (exact) mass is 852 g/mol. The molecule has 5 aromatic heterocycles. The number of imidazole rings is 2. The van der Waals surface area contributed by atoms with E-state index in [1.54, 1.807) is 6.20 Å². The number of para-hydroxylation sites is 4. The summed E-state index contributed by atoms with van der Waals surface area (Å²) in [6, 6.07) is 64.6. The van der Waals surface area contributed by atoms with E-state index >= 15 is 0 Å². The Morgan fingerprint density at radius 2 is 1.23 bits per heavy atom. The van der Waals surface area contributed by atoms with Crippen molar-refractivity contribution in [1.29, 1.82) is 0 Å². The number of anilines is 2. The minimum absolute atomic E-state index is 0.561. The van der Waals surface area contributed by atoms with Crippen LogP contribution in [0, 0.1) is 0 Å². The first kappa shape index (κ1) is 36.4. The van der Waals surface area contributed by atoms with Crippen LogP contribution in [0.3, 0.4) is 0 Å². The molecule has 1 aliphatic rings. The summed E-state index contributed by atoms with van der Waals surface area (Å²) in [4.78, 5) is 14.5. The summed E-state index contributed by atoms with van der Waals surface area (Å²) in [7, 11) is 0. The molecule has 1 aliphatic heterocycles. The largest absolute Gasteiger partial charge is 0.456 e. The lowest BCUT2D eigenvalue weighted by Crippen LogP contribution is -2.25. The third-order valence-electron chi connectivity index (χ3n) is 12.9. The second kappa shape index (κ2) is 14.2. The topological polar surface area (TPSA) is 77.1 Å². The van der Waals surface area contributed by atoms with Gasteiger partial charge in [-0.1, -0.05) is 115 Å². The van der Waals surface area contributed by atoms with Gasteiger partial charge in [0.2, 0.25) is 5.78 Å². The van der Waals surface area contributed by atoms with Crippen LogP contribution in [0.15, 0.2) is 215 Å². The average Bonchev–Trinajstić information content (AvgIpc) is 4.21. The molecule has 13 aromatic rings. The lowest BCUT2D eigenvalue weighted by atomic mass is 9.95. The Morgan fingerprint density at radius 3 is 2.03 bits per heavy atom. The molecule has 6 heterocycles. The van der Waals surface area contributed by atoms with Crippen molar-refractivity contribution in [2.24, 2.45) is 0 Å². The Kier molecular flexibility index (Phi) is 7.84. The number of rotatable bonds is 7. The summed E-state index contributed by atoms with van der Waals surface area (Å²) < 4.78 is 24.6. The fourth-order valence-corrected chi connectivity index (χ4v) is 9.95. The van der Waals surface area contributed by atoms with E-state index in [1.165, 1.54) is 0 Å². The molecule has 9 heteroatoms. The Bertz CT molecular complexity index is 4020. The van der Waals surface area contributed by atoms with Crippen LogP contribution in [0.1, 0.15) is 0 Å². The zero-order valence-corrected chi connectivity index (χ0v) is 35.2. The van der Waals surface area contributed by atoms with Crippen molar-refractivity contribution in [1.82, 2.24) is 18.9 Å². The Balaban J connectivity index is 0.947. The van der Waals surface area contributed by atoms with Gasteiger partial charge in [0, 0.05) is 69.1 Å². The predicted octanol–water partition coefficient (Wildman–Crippen LogP) is 14.5. The molecule has 9 nitrogen and oxygen atoms in total. The maximum atomic E-state index is 7.08. The number of furan rings is 2. The van der Waals surface area contributed by atoms with Gasteiger partial charge in [0.1, 0.15) is 28.3 Å². The predicted molar refractivity (Wildman–Crippen MR) is 265 cm³/mol. The van der Waals surface area contributed by atoms with Crippen LogP contribution >= 0.6 is 0 Å². The van der Waals surface area contributed by atoms with Gasteiger partial charge in [-0.2, -0.15) is 0 Å². The molecule has 0 fully saturated rings. The van der Waals surface area contributed by atoms with E-state index in [4.69, 9.17) is 23.5 Å². The fraction of sp³-hybridized carbons (Fsp3) is 0.0175. The van der Waals surface area contributed by atoms with Gasteiger partial charge in [0.25, 0.3) is 0 Å². The van der Waals surface area contributed by atoms with Crippen molar-refractivity contribution in [2.75, 3.05) is 16.5 Å². The van der Waals surface area contributed by atoms with Gasteiger partial charge in [-0.25, -0.2) is 9.97 Å². The number of fused-ring (bicyclic) bond motifs is 12. The molecule has 0 N–H and O–H groups in total. The summed E-state index contributed by atoms with van der Waals surface area (Å²) in [6.07, 6.45) is 6.13. The summed E-state index contributed by atoms with van der Waals surface area (Å²) in [5.41, 5.74) is 13.6. The Hall–Kier alpha value is -9.08. The van der Waals surface area contributed by atoms with Crippen molar-refractivity contribution in [2.45, 2.75) is 0 Å². The van der Waals surface area contributed by atoms with Crippen molar-refractivity contribution >= 4 is 83.1 Å². The molecule has 14 rings (SSSR count). The summed E-state index contributed by atoms with van der Waals surface area (Å²) >= 11 is 0. The number of aromatic nitrogens is 4. The van der Waals surface area contributed by atoms with Gasteiger partial charge in [-0.05, 0) is 71.8 Å². The number of ether oxygens (including phenoxy) is 1. The van der Waals surface area contributed by atoms with Gasteiger partial charge >= 0.3 is 0 Å². The molecule has 0 saturated heterocycles. The van der Waals surface area contributed by atoms with Crippen molar-refractivity contribution < 1.29 is 13.6 Å². The molecule has 0 radical (unpaired) electrons. The highest BCUT2D eigenvalue weighted by atomic mass is 16.5. The van der Waals surface area contributed by atoms with Gasteiger partial charge in [0.05, 0.1) is 34.4 Å². The summed E-state index contributed by atoms with van der Waals surface area (Å²) in [5, 5.41) is 3.95. The number of benzene rings is 8. The molecule has 0 unspecified atom stereocenters. The number of nitrogens with zero attached hydrogens (tertiary/aromatic N) is 6. The first-order chi connectivity index (χ1) is 32.7. The maximum Gasteiger partial charge on any atom is 0.221 e. The van der Waals surface area contributed by atoms with Gasteiger partial charge in [0.15, 0.2) is 11.3 Å². The molecular formula is C57H36N6O3. The van der Waals surface area contributed by atoms with E-state index < -0.39 is 0 Å². The zero-order valence-electron chi connectivity index (χ0n) is 35.2. The summed E-state index contributed by atoms with van der Waals surface area (Å²) in [6.45, 7) is 0.561. The molecule has 0 bridgehead atoms. The van der Waals surface area contributed by atoms with Gasteiger partial charge < -0.3 is 23.4 Å². The average molecular weight is 853 g/mol. The van der Waals surface area contributed by atoms with E-state index in [9.17, 15) is 0 Å². The first-order valence-corrected chi connectivity index (χ1v) is 22.0. The lowest BCUT2D eigenvalue weighted by Gasteiger charge is -2.26. The molecule has 0 spiro atoms. The van der Waals surface area contributed by atoms with E-state index in [1.807, 2.05) is 66.7 Å². The SMILES string of the molecule is C1=CN(c2c(-c3ccccc3)cccc2-c2ccccc2)CN1c1cc(Oc2ccc3c(c2)n(-c2ccccn2)c2nc4ccccc4n32)c2oc3ccc4oc5ccccc5c4c3c2c1. The zero-order chi connectivity index (χ0) is 43.3. The van der Waals surface area contributed by atoms with E-state index in [2.05, 4.69) is 152 Å². The third kappa shape index (κ3) is 5.53. The molecule has 0 aliphatic carbocycles. The number of pyridine rings is 1. The molecule has 312 valence electrons. The lowest BCUT2D eigenvalue weighted by molar-refractivity contribution is 0.477. The molecule has 66 heavy (non-hydrogen) atoms. The highest BCUT2D eigenvalue weighted by Gasteiger charge is 2.26. The second-order valence-corrected chi connectivity index (χ2v) is 16.7. The molecule has 0 saturated carbocycles. The normalized spacial score (nSPS) is 13.0. The van der Waals surface area contributed by atoms with Gasteiger partial charge in [-0.3, -0.25) is 8.97 Å². The van der Waals surface area contributed by atoms with Crippen LogP contribution in [0.4, 0.5) is 11.4 Å². The summed E-state index contributed by atoms with van der Waals surface area (Å²) in [5.74, 6) is 2.77. The van der Waals surface area contributed by atoms with Gasteiger partial charge in [-0.15, -0.1) is 0 Å². The standard InChI is InChI=1S/C57H36N6O3/c1-3-14-36(15-4-1)40-19-13-20-41(37-16-5-2-6-17-37)55(40)61-31-30-60(35-61)38-32-43-54-50(28-27-49-53(54)42-18-7-10-23-48(42)65-49)66-56(43)51(33-38)64-39-25-26-46-47(34-39)63(52-24-11-12-29-58-52)57-59-44-21-8-9-22-45(44)62(46)57/h1-34H,35H2. The van der Waals surface area contributed by atoms with Crippen molar-refractivity contribution in [3.63, 3.8) is 0 Å². The minimum Gasteiger partial charge on any atom is -0.456 e. The minimum atomic E-state index is 0.561. The molecule has 0 atom stereocenters. The van der Waals surface area contributed by atoms with E-state index in [-0.39, 0.29) is 0 Å². The second-order valence-electron chi connectivity index (χ2n) is 16.7. The quantitative estimate of drug-likeness (QED) is 0.158. The fourth-order valence-electron chi connectivity index (χ4n) is 9.95. The van der Waals surface area contributed by atoms with Crippen molar-refractivity contribution in [3.8, 4) is 39.6 Å². The highest BCUT2D eigenvalue weighted by molar-refractivity contribution is 6.26. The van der Waals surface area contributed by atoms with Crippen LogP contribution in [0.5, 0.6) is 11.5 Å². The van der Waals surface area contributed by atoms with E-state index in [0.29, 0.717) is 23.8 Å². The number of hydrogen-bond acceptors (Lipinski definition) is 7. The van der Waals surface area contributed by atoms with E-state index in [0.717, 1.165) is 106 Å². The van der Waals surface area contributed by atoms with Crippen LogP contribution in [-0.2, 0) is 0 Å². The molecular weight excluding hydrogens is 817 g/mol. The first-order valence-electron chi connectivity index (χ1n) is 22.0. The Morgan fingerprint density at radius 1 is 0.515 bits per heavy atom. The maximum absolute atomic E-state index is 7.08. The van der Waals surface area contributed by atoms with Crippen LogP contribution in [0.25, 0.3) is 99.8 Å². The van der Waals surface area contributed by atoms with Crippen LogP contribution in [0.2, 0.25) is 0 Å². The van der Waals surface area contributed by atoms with Crippen LogP contribution in [-0.4, -0.2) is 25.6 Å². The van der Waals surface area contributed by atoms with Crippen molar-refractivity contribution in [3.05, 3.63) is 207 Å². The highest BCUT2D eigenvalue weighted by Crippen LogP contribution is 2.47.